The van der Waals surface area contributed by atoms with Gasteiger partial charge in [0.15, 0.2) is 5.13 Å². The molecule has 1 radical (unpaired) electrons. The maximum absolute atomic E-state index is 11.4. The molecule has 0 atom stereocenters. The molecular formula is C14H19N4OS. The van der Waals surface area contributed by atoms with Crippen LogP contribution in [0.15, 0.2) is 12.1 Å². The van der Waals surface area contributed by atoms with Crippen LogP contribution in [0.5, 0.6) is 0 Å². The topological polar surface area (TPSA) is 62.5 Å². The van der Waals surface area contributed by atoms with Gasteiger partial charge in [-0.25, -0.2) is 4.98 Å². The smallest absolute Gasteiger partial charge is 0.250 e. The highest BCUT2D eigenvalue weighted by Crippen LogP contribution is 2.29. The van der Waals surface area contributed by atoms with Crippen LogP contribution in [0.2, 0.25) is 0 Å². The van der Waals surface area contributed by atoms with Gasteiger partial charge in [0.1, 0.15) is 0 Å². The average Bonchev–Trinajstić information content (AvgIpc) is 2.81. The quantitative estimate of drug-likeness (QED) is 0.878. The molecule has 6 heteroatoms. The van der Waals surface area contributed by atoms with Gasteiger partial charge in [-0.3, -0.25) is 4.79 Å². The second-order valence-electron chi connectivity index (χ2n) is 5.02. The van der Waals surface area contributed by atoms with Crippen molar-refractivity contribution in [3.05, 3.63) is 23.8 Å². The van der Waals surface area contributed by atoms with E-state index in [0.29, 0.717) is 11.1 Å². The van der Waals surface area contributed by atoms with E-state index in [1.807, 2.05) is 13.1 Å². The van der Waals surface area contributed by atoms with Crippen molar-refractivity contribution in [2.24, 2.45) is 5.73 Å². The third-order valence-electron chi connectivity index (χ3n) is 3.03. The van der Waals surface area contributed by atoms with Crippen molar-refractivity contribution in [1.82, 2.24) is 9.88 Å². The van der Waals surface area contributed by atoms with Crippen LogP contribution in [0.3, 0.4) is 0 Å². The minimum atomic E-state index is -0.459. The van der Waals surface area contributed by atoms with Crippen molar-refractivity contribution in [1.29, 1.82) is 0 Å². The number of carbonyl (C=O) groups excluding carboxylic acids is 1. The van der Waals surface area contributed by atoms with Crippen LogP contribution in [-0.2, 0) is 0 Å². The fraction of sp³-hybridized carbons (Fsp3) is 0.429. The van der Waals surface area contributed by atoms with E-state index in [-0.39, 0.29) is 0 Å². The molecule has 107 valence electrons. The SMILES string of the molecule is CN(C)CCCN(C)c1nc2c(C(N)=O)c[c]cc2s1. The summed E-state index contributed by atoms with van der Waals surface area (Å²) >= 11 is 1.56. The van der Waals surface area contributed by atoms with Crippen molar-refractivity contribution < 1.29 is 4.79 Å². The van der Waals surface area contributed by atoms with Crippen LogP contribution >= 0.6 is 11.3 Å². The number of fused-ring (bicyclic) bond motifs is 1. The zero-order chi connectivity index (χ0) is 14.7. The summed E-state index contributed by atoms with van der Waals surface area (Å²) in [5, 5.41) is 0.904. The molecule has 1 aromatic heterocycles. The molecule has 0 aliphatic heterocycles. The van der Waals surface area contributed by atoms with E-state index < -0.39 is 5.91 Å². The Balaban J connectivity index is 2.19. The van der Waals surface area contributed by atoms with Crippen LogP contribution in [-0.4, -0.2) is 50.0 Å². The van der Waals surface area contributed by atoms with E-state index in [2.05, 4.69) is 34.9 Å². The van der Waals surface area contributed by atoms with Gasteiger partial charge in [0, 0.05) is 13.6 Å². The molecule has 0 aliphatic carbocycles. The number of hydrogen-bond donors (Lipinski definition) is 1. The van der Waals surface area contributed by atoms with Crippen molar-refractivity contribution in [3.63, 3.8) is 0 Å². The molecular weight excluding hydrogens is 272 g/mol. The van der Waals surface area contributed by atoms with E-state index in [0.717, 1.165) is 29.3 Å². The number of primary amides is 1. The predicted octanol–water partition coefficient (Wildman–Crippen LogP) is 1.58. The predicted molar refractivity (Wildman–Crippen MR) is 83.4 cm³/mol. The molecule has 1 amide bonds. The molecule has 1 heterocycles. The third-order valence-corrected chi connectivity index (χ3v) is 4.15. The van der Waals surface area contributed by atoms with E-state index >= 15 is 0 Å². The number of aromatic nitrogens is 1. The minimum Gasteiger partial charge on any atom is -0.366 e. The first kappa shape index (κ1) is 14.7. The standard InChI is InChI=1S/C14H19N4OS/c1-17(2)8-5-9-18(3)14-16-12-10(13(15)19)6-4-7-11(12)20-14/h6-7H,5,8-9H2,1-3H3,(H2,15,19). The number of anilines is 1. The Bertz CT molecular complexity index is 608. The van der Waals surface area contributed by atoms with Gasteiger partial charge in [0.25, 0.3) is 5.91 Å². The highest BCUT2D eigenvalue weighted by molar-refractivity contribution is 7.22. The Morgan fingerprint density at radius 2 is 2.10 bits per heavy atom. The second kappa shape index (κ2) is 6.19. The van der Waals surface area contributed by atoms with Gasteiger partial charge in [-0.2, -0.15) is 0 Å². The molecule has 1 aromatic carbocycles. The lowest BCUT2D eigenvalue weighted by molar-refractivity contribution is 0.100. The number of nitrogens with two attached hydrogens (primary N) is 1. The highest BCUT2D eigenvalue weighted by Gasteiger charge is 2.13. The molecule has 2 aromatic rings. The zero-order valence-electron chi connectivity index (χ0n) is 12.0. The molecule has 0 aliphatic rings. The molecule has 20 heavy (non-hydrogen) atoms. The number of benzene rings is 1. The number of rotatable bonds is 6. The molecule has 0 bridgehead atoms. The first-order valence-electron chi connectivity index (χ1n) is 6.45. The molecule has 2 rings (SSSR count). The van der Waals surface area contributed by atoms with Crippen LogP contribution in [0, 0.1) is 6.07 Å². The lowest BCUT2D eigenvalue weighted by atomic mass is 10.2. The maximum Gasteiger partial charge on any atom is 0.250 e. The van der Waals surface area contributed by atoms with Gasteiger partial charge in [-0.15, -0.1) is 0 Å². The third kappa shape index (κ3) is 3.26. The number of amides is 1. The summed E-state index contributed by atoms with van der Waals surface area (Å²) in [5.41, 5.74) is 6.48. The Kier molecular flexibility index (Phi) is 4.57. The van der Waals surface area contributed by atoms with Crippen LogP contribution in [0.1, 0.15) is 16.8 Å². The Hall–Kier alpha value is -1.66. The van der Waals surface area contributed by atoms with E-state index in [9.17, 15) is 4.79 Å². The minimum absolute atomic E-state index is 0.437. The van der Waals surface area contributed by atoms with Gasteiger partial charge in [0.2, 0.25) is 0 Å². The summed E-state index contributed by atoms with van der Waals surface area (Å²) in [4.78, 5) is 20.2. The molecule has 0 saturated carbocycles. The van der Waals surface area contributed by atoms with E-state index in [4.69, 9.17) is 5.73 Å². The zero-order valence-corrected chi connectivity index (χ0v) is 12.8. The van der Waals surface area contributed by atoms with Crippen molar-refractivity contribution in [2.45, 2.75) is 6.42 Å². The molecule has 0 saturated heterocycles. The maximum atomic E-state index is 11.4. The Labute approximate surface area is 123 Å². The largest absolute Gasteiger partial charge is 0.366 e. The fourth-order valence-electron chi connectivity index (χ4n) is 1.95. The average molecular weight is 291 g/mol. The summed E-state index contributed by atoms with van der Waals surface area (Å²) in [6.07, 6.45) is 1.06. The first-order valence-corrected chi connectivity index (χ1v) is 7.27. The van der Waals surface area contributed by atoms with Crippen molar-refractivity contribution in [3.8, 4) is 0 Å². The molecule has 2 N–H and O–H groups in total. The summed E-state index contributed by atoms with van der Waals surface area (Å²) < 4.78 is 0.941. The Morgan fingerprint density at radius 1 is 1.35 bits per heavy atom. The summed E-state index contributed by atoms with van der Waals surface area (Å²) in [5.74, 6) is -0.459. The fourth-order valence-corrected chi connectivity index (χ4v) is 2.91. The monoisotopic (exact) mass is 291 g/mol. The van der Waals surface area contributed by atoms with E-state index in [1.165, 1.54) is 0 Å². The van der Waals surface area contributed by atoms with Gasteiger partial charge in [-0.05, 0) is 45.3 Å². The van der Waals surface area contributed by atoms with Gasteiger partial charge in [0.05, 0.1) is 15.8 Å². The van der Waals surface area contributed by atoms with Crippen LogP contribution in [0.4, 0.5) is 5.13 Å². The summed E-state index contributed by atoms with van der Waals surface area (Å²) in [6, 6.07) is 6.38. The second-order valence-corrected chi connectivity index (χ2v) is 6.03. The summed E-state index contributed by atoms with van der Waals surface area (Å²) in [7, 11) is 6.14. The number of carbonyl (C=O) groups is 1. The summed E-state index contributed by atoms with van der Waals surface area (Å²) in [6.45, 7) is 1.96. The van der Waals surface area contributed by atoms with Crippen molar-refractivity contribution >= 4 is 32.6 Å². The Morgan fingerprint density at radius 3 is 2.75 bits per heavy atom. The van der Waals surface area contributed by atoms with Crippen LogP contribution in [0.25, 0.3) is 10.2 Å². The normalized spacial score (nSPS) is 11.2. The van der Waals surface area contributed by atoms with Crippen molar-refractivity contribution in [2.75, 3.05) is 39.1 Å². The number of hydrogen-bond acceptors (Lipinski definition) is 5. The van der Waals surface area contributed by atoms with Gasteiger partial charge >= 0.3 is 0 Å². The molecule has 0 unspecified atom stereocenters. The molecule has 5 nitrogen and oxygen atoms in total. The van der Waals surface area contributed by atoms with Gasteiger partial charge in [-0.1, -0.05) is 11.3 Å². The first-order chi connectivity index (χ1) is 9.49. The number of thiazole rings is 1. The lowest BCUT2D eigenvalue weighted by Crippen LogP contribution is -2.23. The number of nitrogens with zero attached hydrogens (tertiary/aromatic N) is 3. The highest BCUT2D eigenvalue weighted by atomic mass is 32.1. The van der Waals surface area contributed by atoms with Crippen LogP contribution < -0.4 is 10.6 Å². The molecule has 0 spiro atoms. The van der Waals surface area contributed by atoms with E-state index in [1.54, 1.807) is 17.4 Å². The lowest BCUT2D eigenvalue weighted by Gasteiger charge is -2.17. The van der Waals surface area contributed by atoms with Gasteiger partial charge < -0.3 is 15.5 Å². The molecule has 0 fully saturated rings.